The fourth-order valence-electron chi connectivity index (χ4n) is 1.23. The Morgan fingerprint density at radius 2 is 1.67 bits per heavy atom. The quantitative estimate of drug-likeness (QED) is 0.489. The molecule has 21 heavy (non-hydrogen) atoms. The average molecular weight is 337 g/mol. The largest absolute Gasteiger partial charge is 0.507 e. The van der Waals surface area contributed by atoms with Gasteiger partial charge in [0, 0.05) is 11.6 Å². The molecule has 1 rings (SSSR count). The second kappa shape index (κ2) is 5.55. The molecule has 2 nitrogen and oxygen atoms in total. The number of aliphatic hydroxyl groups is 1. The zero-order valence-electron chi connectivity index (χ0n) is 9.61. The summed E-state index contributed by atoms with van der Waals surface area (Å²) in [5.41, 5.74) is -2.77. The molecule has 0 fully saturated rings. The van der Waals surface area contributed by atoms with Crippen LogP contribution in [0.1, 0.15) is 11.1 Å². The van der Waals surface area contributed by atoms with Gasteiger partial charge in [-0.2, -0.15) is 26.3 Å². The van der Waals surface area contributed by atoms with Gasteiger partial charge in [0.25, 0.3) is 5.78 Å². The molecule has 0 aliphatic rings. The van der Waals surface area contributed by atoms with Gasteiger partial charge in [-0.3, -0.25) is 4.79 Å². The zero-order valence-corrected chi connectivity index (χ0v) is 10.4. The fraction of sp³-hybridized carbons (Fsp3) is 0.182. The number of alkyl halides is 6. The minimum Gasteiger partial charge on any atom is -0.507 e. The molecule has 0 aliphatic heterocycles. The van der Waals surface area contributed by atoms with Crippen molar-refractivity contribution in [3.8, 4) is 0 Å². The number of hydrogen-bond donors (Lipinski definition) is 1. The topological polar surface area (TPSA) is 37.3 Å². The summed E-state index contributed by atoms with van der Waals surface area (Å²) >= 11 is 5.18. The highest BCUT2D eigenvalue weighted by Gasteiger charge is 2.38. The van der Waals surface area contributed by atoms with Crippen molar-refractivity contribution in [3.63, 3.8) is 0 Å². The number of halogens is 8. The second-order valence-corrected chi connectivity index (χ2v) is 4.12. The normalized spacial score (nSPS) is 13.4. The molecule has 1 aromatic rings. The summed E-state index contributed by atoms with van der Waals surface area (Å²) in [6.07, 6.45) is -10.8. The number of ketones is 1. The Morgan fingerprint density at radius 3 is 2.10 bits per heavy atom. The van der Waals surface area contributed by atoms with E-state index in [1.165, 1.54) is 0 Å². The van der Waals surface area contributed by atoms with E-state index in [1.807, 2.05) is 0 Å². The molecule has 0 aromatic heterocycles. The molecule has 0 atom stereocenters. The molecule has 1 N–H and O–H groups in total. The Bertz CT molecular complexity index is 602. The molecule has 0 amide bonds. The number of carbonyl (C=O) groups excluding carboxylic acids is 1. The van der Waals surface area contributed by atoms with Crippen LogP contribution in [0.15, 0.2) is 18.2 Å². The van der Waals surface area contributed by atoms with Gasteiger partial charge in [0.15, 0.2) is 5.82 Å². The number of aliphatic hydroxyl groups excluding tert-OH is 1. The van der Waals surface area contributed by atoms with Crippen molar-refractivity contribution in [2.75, 3.05) is 0 Å². The van der Waals surface area contributed by atoms with Gasteiger partial charge in [-0.05, 0) is 12.1 Å². The van der Waals surface area contributed by atoms with Crippen molar-refractivity contribution >= 4 is 23.1 Å². The lowest BCUT2D eigenvalue weighted by Gasteiger charge is -2.11. The van der Waals surface area contributed by atoms with Gasteiger partial charge in [-0.25, -0.2) is 4.39 Å². The Hall–Kier alpha value is -1.77. The maximum Gasteiger partial charge on any atom is 0.454 e. The minimum absolute atomic E-state index is 0.0384. The van der Waals surface area contributed by atoms with Gasteiger partial charge in [0.2, 0.25) is 0 Å². The number of hydrogen-bond acceptors (Lipinski definition) is 2. The first-order valence-corrected chi connectivity index (χ1v) is 5.30. The molecule has 0 saturated carbocycles. The number of benzene rings is 1. The summed E-state index contributed by atoms with van der Waals surface area (Å²) < 4.78 is 86.5. The predicted molar refractivity (Wildman–Crippen MR) is 58.1 cm³/mol. The van der Waals surface area contributed by atoms with Crippen molar-refractivity contribution in [3.05, 3.63) is 40.2 Å². The monoisotopic (exact) mass is 336 g/mol. The second-order valence-electron chi connectivity index (χ2n) is 3.71. The van der Waals surface area contributed by atoms with Crippen molar-refractivity contribution in [2.45, 2.75) is 12.4 Å². The molecule has 0 radical (unpaired) electrons. The maximum atomic E-state index is 13.2. The van der Waals surface area contributed by atoms with Crippen molar-refractivity contribution < 1.29 is 40.6 Å². The molecular weight excluding hydrogens is 333 g/mol. The lowest BCUT2D eigenvalue weighted by atomic mass is 10.1. The van der Waals surface area contributed by atoms with Gasteiger partial charge in [0.1, 0.15) is 5.76 Å². The van der Waals surface area contributed by atoms with Crippen molar-refractivity contribution in [1.29, 1.82) is 0 Å². The van der Waals surface area contributed by atoms with Gasteiger partial charge in [0.05, 0.1) is 10.6 Å². The summed E-state index contributed by atoms with van der Waals surface area (Å²) in [6.45, 7) is 0. The van der Waals surface area contributed by atoms with E-state index in [0.29, 0.717) is 6.07 Å². The molecule has 1 aromatic carbocycles. The first-order valence-electron chi connectivity index (χ1n) is 4.92. The van der Waals surface area contributed by atoms with Crippen LogP contribution >= 0.6 is 11.6 Å². The van der Waals surface area contributed by atoms with E-state index in [1.54, 1.807) is 0 Å². The highest BCUT2D eigenvalue weighted by molar-refractivity contribution is 6.31. The molecule has 0 heterocycles. The minimum atomic E-state index is -5.31. The summed E-state index contributed by atoms with van der Waals surface area (Å²) in [4.78, 5) is 10.6. The summed E-state index contributed by atoms with van der Waals surface area (Å²) in [5, 5.41) is 8.18. The summed E-state index contributed by atoms with van der Waals surface area (Å²) in [7, 11) is 0. The van der Waals surface area contributed by atoms with Crippen LogP contribution in [0.3, 0.4) is 0 Å². The summed E-state index contributed by atoms with van der Waals surface area (Å²) in [6, 6.07) is 0.498. The van der Waals surface area contributed by atoms with Gasteiger partial charge >= 0.3 is 12.4 Å². The molecule has 0 spiro atoms. The van der Waals surface area contributed by atoms with Gasteiger partial charge < -0.3 is 5.11 Å². The zero-order chi connectivity index (χ0) is 16.6. The van der Waals surface area contributed by atoms with Crippen LogP contribution in [-0.4, -0.2) is 17.1 Å². The van der Waals surface area contributed by atoms with Crippen LogP contribution in [-0.2, 0) is 11.0 Å². The van der Waals surface area contributed by atoms with E-state index in [4.69, 9.17) is 11.6 Å². The molecule has 116 valence electrons. The van der Waals surface area contributed by atoms with E-state index in [2.05, 4.69) is 0 Å². The van der Waals surface area contributed by atoms with Crippen LogP contribution in [0, 0.1) is 5.82 Å². The SMILES string of the molecule is O=C(/C=C(\O)c1cc(Cl)c(F)c(C(F)(F)F)c1)C(F)(F)F. The Labute approximate surface area is 117 Å². The third-order valence-electron chi connectivity index (χ3n) is 2.18. The lowest BCUT2D eigenvalue weighted by Crippen LogP contribution is -2.20. The van der Waals surface area contributed by atoms with Crippen LogP contribution < -0.4 is 0 Å². The van der Waals surface area contributed by atoms with E-state index in [-0.39, 0.29) is 12.1 Å². The molecule has 0 unspecified atom stereocenters. The van der Waals surface area contributed by atoms with Crippen LogP contribution in [0.25, 0.3) is 5.76 Å². The van der Waals surface area contributed by atoms with Crippen molar-refractivity contribution in [1.82, 2.24) is 0 Å². The first-order chi connectivity index (χ1) is 9.34. The Morgan fingerprint density at radius 1 is 1.14 bits per heavy atom. The lowest BCUT2D eigenvalue weighted by molar-refractivity contribution is -0.165. The van der Waals surface area contributed by atoms with E-state index in [0.717, 1.165) is 0 Å². The van der Waals surface area contributed by atoms with E-state index < -0.39 is 45.9 Å². The maximum absolute atomic E-state index is 13.2. The molecular formula is C11H4ClF7O2. The first kappa shape index (κ1) is 17.3. The predicted octanol–water partition coefficient (Wildman–Crippen LogP) is 4.53. The van der Waals surface area contributed by atoms with Crippen LogP contribution in [0.2, 0.25) is 5.02 Å². The number of carbonyl (C=O) groups is 1. The van der Waals surface area contributed by atoms with E-state index >= 15 is 0 Å². The van der Waals surface area contributed by atoms with Crippen LogP contribution in [0.4, 0.5) is 30.7 Å². The Kier molecular flexibility index (Phi) is 4.57. The highest BCUT2D eigenvalue weighted by Crippen LogP contribution is 2.36. The third kappa shape index (κ3) is 4.10. The van der Waals surface area contributed by atoms with Crippen LogP contribution in [0.5, 0.6) is 0 Å². The number of allylic oxidation sites excluding steroid dienone is 1. The van der Waals surface area contributed by atoms with Gasteiger partial charge in [-0.15, -0.1) is 0 Å². The average Bonchev–Trinajstić information content (AvgIpc) is 2.29. The fourth-order valence-corrected chi connectivity index (χ4v) is 1.45. The standard InChI is InChI=1S/C11H4ClF7O2/c12-6-2-4(1-5(9(6)13)10(14,15)16)7(20)3-8(21)11(17,18)19/h1-3,20H/b7-3-. The molecule has 0 saturated heterocycles. The highest BCUT2D eigenvalue weighted by atomic mass is 35.5. The third-order valence-corrected chi connectivity index (χ3v) is 2.45. The summed E-state index contributed by atoms with van der Waals surface area (Å²) in [5.74, 6) is -5.76. The molecule has 0 bridgehead atoms. The van der Waals surface area contributed by atoms with E-state index in [9.17, 15) is 40.6 Å². The number of rotatable bonds is 2. The smallest absolute Gasteiger partial charge is 0.454 e. The molecule has 10 heteroatoms. The van der Waals surface area contributed by atoms with Gasteiger partial charge in [-0.1, -0.05) is 11.6 Å². The Balaban J connectivity index is 3.36. The molecule has 0 aliphatic carbocycles. The van der Waals surface area contributed by atoms with Crippen molar-refractivity contribution in [2.24, 2.45) is 0 Å².